The van der Waals surface area contributed by atoms with Crippen LogP contribution in [0.15, 0.2) is 36.4 Å². The summed E-state index contributed by atoms with van der Waals surface area (Å²) in [5.41, 5.74) is 9.89. The van der Waals surface area contributed by atoms with Gasteiger partial charge in [-0.15, -0.1) is 0 Å². The van der Waals surface area contributed by atoms with Gasteiger partial charge in [0.1, 0.15) is 23.2 Å². The Labute approximate surface area is 214 Å². The van der Waals surface area contributed by atoms with Gasteiger partial charge in [-0.05, 0) is 49.4 Å². The molecule has 0 radical (unpaired) electrons. The zero-order valence-corrected chi connectivity index (χ0v) is 21.4. The minimum absolute atomic E-state index is 0.0451. The first kappa shape index (κ1) is 23.8. The molecule has 194 valence electrons. The van der Waals surface area contributed by atoms with Gasteiger partial charge in [-0.3, -0.25) is 4.79 Å². The molecule has 1 saturated carbocycles. The summed E-state index contributed by atoms with van der Waals surface area (Å²) in [7, 11) is 5.24. The summed E-state index contributed by atoms with van der Waals surface area (Å²) < 4.78 is 29.9. The summed E-state index contributed by atoms with van der Waals surface area (Å²) in [6.45, 7) is 1.27. The molecule has 37 heavy (non-hydrogen) atoms. The highest BCUT2D eigenvalue weighted by atomic mass is 19.1. The fraction of sp³-hybridized carbons (Fsp3) is 0.429. The van der Waals surface area contributed by atoms with E-state index in [9.17, 15) is 9.18 Å². The second kappa shape index (κ2) is 9.06. The lowest BCUT2D eigenvalue weighted by Crippen LogP contribution is -2.50. The number of methoxy groups -OCH3 is 2. The minimum atomic E-state index is -1.12. The Morgan fingerprint density at radius 3 is 2.59 bits per heavy atom. The minimum Gasteiger partial charge on any atom is -0.495 e. The first-order valence-electron chi connectivity index (χ1n) is 12.8. The van der Waals surface area contributed by atoms with Crippen LogP contribution < -0.4 is 15.2 Å². The molecule has 2 N–H and O–H groups in total. The van der Waals surface area contributed by atoms with Gasteiger partial charge < -0.3 is 29.2 Å². The fourth-order valence-electron chi connectivity index (χ4n) is 5.63. The summed E-state index contributed by atoms with van der Waals surface area (Å²) in [6, 6.07) is 11.3. The number of carbonyl (C=O) groups excluding carboxylic acids is 1. The van der Waals surface area contributed by atoms with Crippen molar-refractivity contribution in [2.45, 2.75) is 38.0 Å². The second-order valence-electron chi connectivity index (χ2n) is 10.3. The number of alkyl halides is 1. The molecule has 3 heterocycles. The van der Waals surface area contributed by atoms with Crippen LogP contribution in [0.5, 0.6) is 11.5 Å². The molecule has 2 fully saturated rings. The quantitative estimate of drug-likeness (QED) is 0.426. The number of fused-ring (bicyclic) bond motifs is 2. The van der Waals surface area contributed by atoms with Gasteiger partial charge in [0, 0.05) is 37.1 Å². The monoisotopic (exact) mass is 505 g/mol. The Morgan fingerprint density at radius 1 is 1.11 bits per heavy atom. The molecule has 2 atom stereocenters. The third kappa shape index (κ3) is 4.11. The molecule has 0 bridgehead atoms. The van der Waals surface area contributed by atoms with Gasteiger partial charge in [-0.1, -0.05) is 12.1 Å². The van der Waals surface area contributed by atoms with E-state index in [0.717, 1.165) is 40.2 Å². The van der Waals surface area contributed by atoms with Crippen LogP contribution in [0, 0.1) is 5.92 Å². The lowest BCUT2D eigenvalue weighted by Gasteiger charge is -2.33. The highest BCUT2D eigenvalue weighted by molar-refractivity contribution is 6.00. The largest absolute Gasteiger partial charge is 0.495 e. The topological polar surface area (TPSA) is 87.5 Å². The maximum absolute atomic E-state index is 14.2. The SMILES string of the molecule is COc1cc(C(=O)N2C[C@H](N)C[C@@H](F)C2)cc2nc(-c3cc4cccc(OC)c4n3CC3CC3)n(C)c12. The Bertz CT molecular complexity index is 1500. The predicted molar refractivity (Wildman–Crippen MR) is 141 cm³/mol. The summed E-state index contributed by atoms with van der Waals surface area (Å²) in [5, 5.41) is 1.09. The highest BCUT2D eigenvalue weighted by Crippen LogP contribution is 2.40. The van der Waals surface area contributed by atoms with E-state index in [-0.39, 0.29) is 24.9 Å². The smallest absolute Gasteiger partial charge is 0.254 e. The molecule has 8 nitrogen and oxygen atoms in total. The zero-order chi connectivity index (χ0) is 25.8. The number of hydrogen-bond acceptors (Lipinski definition) is 5. The van der Waals surface area contributed by atoms with Crippen LogP contribution in [0.25, 0.3) is 33.5 Å². The number of para-hydroxylation sites is 1. The first-order chi connectivity index (χ1) is 17.9. The number of carbonyl (C=O) groups is 1. The summed E-state index contributed by atoms with van der Waals surface area (Å²) in [6.07, 6.45) is 1.59. The van der Waals surface area contributed by atoms with Crippen molar-refractivity contribution in [1.82, 2.24) is 19.0 Å². The number of aromatic nitrogens is 3. The molecular formula is C28H32FN5O3. The van der Waals surface area contributed by atoms with Crippen molar-refractivity contribution in [3.8, 4) is 23.0 Å². The number of rotatable bonds is 6. The average Bonchev–Trinajstić information content (AvgIpc) is 3.55. The number of likely N-dealkylation sites (tertiary alicyclic amines) is 1. The van der Waals surface area contributed by atoms with Crippen LogP contribution in [0.3, 0.4) is 0 Å². The predicted octanol–water partition coefficient (Wildman–Crippen LogP) is 4.13. The van der Waals surface area contributed by atoms with Gasteiger partial charge in [0.15, 0.2) is 5.82 Å². The van der Waals surface area contributed by atoms with Gasteiger partial charge >= 0.3 is 0 Å². The fourth-order valence-corrected chi connectivity index (χ4v) is 5.63. The van der Waals surface area contributed by atoms with E-state index >= 15 is 0 Å². The number of amides is 1. The number of nitrogens with two attached hydrogens (primary N) is 1. The number of imidazole rings is 1. The number of benzene rings is 2. The van der Waals surface area contributed by atoms with Crippen molar-refractivity contribution in [2.75, 3.05) is 27.3 Å². The normalized spacial score (nSPS) is 20.1. The van der Waals surface area contributed by atoms with Gasteiger partial charge in [-0.25, -0.2) is 9.37 Å². The Balaban J connectivity index is 1.48. The van der Waals surface area contributed by atoms with Crippen LogP contribution in [0.2, 0.25) is 0 Å². The van der Waals surface area contributed by atoms with Crippen LogP contribution >= 0.6 is 0 Å². The van der Waals surface area contributed by atoms with E-state index < -0.39 is 6.17 Å². The molecule has 1 amide bonds. The molecule has 1 aliphatic heterocycles. The van der Waals surface area contributed by atoms with Crippen molar-refractivity contribution in [3.05, 3.63) is 42.0 Å². The maximum atomic E-state index is 14.2. The van der Waals surface area contributed by atoms with E-state index in [2.05, 4.69) is 16.7 Å². The molecule has 2 aromatic heterocycles. The first-order valence-corrected chi connectivity index (χ1v) is 12.8. The molecular weight excluding hydrogens is 473 g/mol. The highest BCUT2D eigenvalue weighted by Gasteiger charge is 2.30. The van der Waals surface area contributed by atoms with Crippen LogP contribution in [0.4, 0.5) is 4.39 Å². The average molecular weight is 506 g/mol. The number of hydrogen-bond donors (Lipinski definition) is 1. The van der Waals surface area contributed by atoms with Crippen LogP contribution in [-0.4, -0.2) is 64.4 Å². The van der Waals surface area contributed by atoms with E-state index in [0.29, 0.717) is 29.3 Å². The molecule has 9 heteroatoms. The van der Waals surface area contributed by atoms with Crippen LogP contribution in [0.1, 0.15) is 29.6 Å². The molecule has 0 spiro atoms. The molecule has 2 aromatic carbocycles. The number of ether oxygens (including phenoxy) is 2. The van der Waals surface area contributed by atoms with Crippen molar-refractivity contribution in [2.24, 2.45) is 18.7 Å². The Morgan fingerprint density at radius 2 is 1.89 bits per heavy atom. The molecule has 1 saturated heterocycles. The van der Waals surface area contributed by atoms with Crippen LogP contribution in [-0.2, 0) is 13.6 Å². The van der Waals surface area contributed by atoms with Gasteiger partial charge in [-0.2, -0.15) is 0 Å². The third-order valence-electron chi connectivity index (χ3n) is 7.59. The Hall–Kier alpha value is -3.59. The Kier molecular flexibility index (Phi) is 5.82. The standard InChI is InChI=1S/C28H32FN5O3/c1-32-26-21(9-18(11-24(26)37-3)28(35)33-14-19(29)12-20(30)15-33)31-27(32)22-10-17-5-4-6-23(36-2)25(17)34(22)13-16-7-8-16/h4-6,9-11,16,19-20H,7-8,12-15,30H2,1-3H3/t19-,20-/m1/s1. The molecule has 6 rings (SSSR count). The van der Waals surface area contributed by atoms with Gasteiger partial charge in [0.2, 0.25) is 0 Å². The zero-order valence-electron chi connectivity index (χ0n) is 21.4. The van der Waals surface area contributed by atoms with Crippen molar-refractivity contribution >= 4 is 27.8 Å². The maximum Gasteiger partial charge on any atom is 0.254 e. The summed E-state index contributed by atoms with van der Waals surface area (Å²) >= 11 is 0. The molecule has 4 aromatic rings. The molecule has 1 aliphatic carbocycles. The number of halogens is 1. The number of aryl methyl sites for hydroxylation is 1. The van der Waals surface area contributed by atoms with Crippen molar-refractivity contribution in [3.63, 3.8) is 0 Å². The van der Waals surface area contributed by atoms with E-state index in [1.807, 2.05) is 23.7 Å². The number of nitrogens with zero attached hydrogens (tertiary/aromatic N) is 4. The van der Waals surface area contributed by atoms with Gasteiger partial charge in [0.25, 0.3) is 5.91 Å². The van der Waals surface area contributed by atoms with Gasteiger partial charge in [0.05, 0.1) is 37.5 Å². The number of piperidine rings is 1. The van der Waals surface area contributed by atoms with E-state index in [1.54, 1.807) is 26.4 Å². The van der Waals surface area contributed by atoms with Crippen molar-refractivity contribution in [1.29, 1.82) is 0 Å². The second-order valence-corrected chi connectivity index (χ2v) is 10.3. The summed E-state index contributed by atoms with van der Waals surface area (Å²) in [4.78, 5) is 19.8. The van der Waals surface area contributed by atoms with E-state index in [1.165, 1.54) is 17.7 Å². The lowest BCUT2D eigenvalue weighted by atomic mass is 10.0. The summed E-state index contributed by atoms with van der Waals surface area (Å²) in [5.74, 6) is 2.53. The van der Waals surface area contributed by atoms with E-state index in [4.69, 9.17) is 20.2 Å². The molecule has 2 aliphatic rings. The third-order valence-corrected chi connectivity index (χ3v) is 7.59. The molecule has 0 unspecified atom stereocenters. The lowest BCUT2D eigenvalue weighted by molar-refractivity contribution is 0.0606. The van der Waals surface area contributed by atoms with Crippen molar-refractivity contribution < 1.29 is 18.7 Å².